The molecule has 7 nitrogen and oxygen atoms in total. The number of carbonyl (C=O) groups is 2. The third-order valence-corrected chi connectivity index (χ3v) is 7.44. The molecule has 3 aromatic rings. The highest BCUT2D eigenvalue weighted by atomic mass is 32.2. The first-order valence-electron chi connectivity index (χ1n) is 11.3. The van der Waals surface area contributed by atoms with E-state index in [4.69, 9.17) is 4.74 Å². The number of esters is 1. The van der Waals surface area contributed by atoms with E-state index in [2.05, 4.69) is 37.6 Å². The van der Waals surface area contributed by atoms with Gasteiger partial charge in [-0.3, -0.25) is 4.79 Å². The van der Waals surface area contributed by atoms with Crippen molar-refractivity contribution >= 4 is 40.7 Å². The van der Waals surface area contributed by atoms with Crippen LogP contribution >= 0.6 is 23.1 Å². The van der Waals surface area contributed by atoms with Gasteiger partial charge >= 0.3 is 5.97 Å². The molecule has 1 N–H and O–H groups in total. The minimum atomic E-state index is -0.448. The number of para-hydroxylation sites is 1. The number of hydrogen-bond donors (Lipinski definition) is 1. The zero-order valence-electron chi connectivity index (χ0n) is 18.7. The molecule has 0 saturated heterocycles. The minimum Gasteiger partial charge on any atom is -0.462 e. The Hall–Kier alpha value is -2.65. The zero-order valence-corrected chi connectivity index (χ0v) is 20.3. The monoisotopic (exact) mass is 484 g/mol. The average molecular weight is 485 g/mol. The number of anilines is 1. The summed E-state index contributed by atoms with van der Waals surface area (Å²) in [4.78, 5) is 26.2. The second kappa shape index (κ2) is 11.5. The molecule has 1 aliphatic rings. The van der Waals surface area contributed by atoms with Gasteiger partial charge in [0.1, 0.15) is 5.82 Å². The van der Waals surface area contributed by atoms with E-state index in [9.17, 15) is 9.59 Å². The SMILES string of the molecule is CCOC(=O)c1ccccc1NC(=O)CSc1nnc(Cc2cccs2)n1C1CCCCC1. The summed E-state index contributed by atoms with van der Waals surface area (Å²) in [6, 6.07) is 11.4. The summed E-state index contributed by atoms with van der Waals surface area (Å²) in [6.45, 7) is 2.03. The lowest BCUT2D eigenvalue weighted by molar-refractivity contribution is -0.113. The molecule has 1 saturated carbocycles. The van der Waals surface area contributed by atoms with E-state index in [1.54, 1.807) is 42.5 Å². The minimum absolute atomic E-state index is 0.182. The van der Waals surface area contributed by atoms with Crippen LogP contribution in [0.15, 0.2) is 46.9 Å². The first-order valence-corrected chi connectivity index (χ1v) is 13.2. The van der Waals surface area contributed by atoms with Crippen molar-refractivity contribution in [1.82, 2.24) is 14.8 Å². The lowest BCUT2D eigenvalue weighted by atomic mass is 9.95. The molecule has 0 bridgehead atoms. The molecule has 0 aliphatic heterocycles. The Morgan fingerprint density at radius 1 is 1.15 bits per heavy atom. The summed E-state index contributed by atoms with van der Waals surface area (Å²) in [5.74, 6) is 0.493. The van der Waals surface area contributed by atoms with Crippen molar-refractivity contribution in [2.45, 2.75) is 56.6 Å². The third kappa shape index (κ3) is 6.03. The van der Waals surface area contributed by atoms with Crippen molar-refractivity contribution in [3.63, 3.8) is 0 Å². The molecule has 1 amide bonds. The van der Waals surface area contributed by atoms with E-state index in [1.807, 2.05) is 0 Å². The average Bonchev–Trinajstić information content (AvgIpc) is 3.49. The molecule has 33 heavy (non-hydrogen) atoms. The number of benzene rings is 1. The van der Waals surface area contributed by atoms with Gasteiger partial charge in [0, 0.05) is 17.3 Å². The summed E-state index contributed by atoms with van der Waals surface area (Å²) in [5, 5.41) is 14.6. The molecule has 0 unspecified atom stereocenters. The zero-order chi connectivity index (χ0) is 23.0. The Labute approximate surface area is 201 Å². The van der Waals surface area contributed by atoms with Gasteiger partial charge in [-0.05, 0) is 43.3 Å². The fraction of sp³-hybridized carbons (Fsp3) is 0.417. The molecule has 2 aromatic heterocycles. The van der Waals surface area contributed by atoms with Crippen molar-refractivity contribution in [1.29, 1.82) is 0 Å². The quantitative estimate of drug-likeness (QED) is 0.326. The molecule has 0 spiro atoms. The van der Waals surface area contributed by atoms with E-state index >= 15 is 0 Å². The van der Waals surface area contributed by atoms with Gasteiger partial charge in [-0.2, -0.15) is 0 Å². The highest BCUT2D eigenvalue weighted by Crippen LogP contribution is 2.33. The number of amides is 1. The lowest BCUT2D eigenvalue weighted by Gasteiger charge is -2.25. The highest BCUT2D eigenvalue weighted by molar-refractivity contribution is 7.99. The summed E-state index contributed by atoms with van der Waals surface area (Å²) in [6.07, 6.45) is 6.65. The van der Waals surface area contributed by atoms with Crippen LogP contribution < -0.4 is 5.32 Å². The smallest absolute Gasteiger partial charge is 0.340 e. The van der Waals surface area contributed by atoms with Gasteiger partial charge in [-0.15, -0.1) is 21.5 Å². The first kappa shape index (κ1) is 23.5. The molecule has 1 aromatic carbocycles. The summed E-state index contributed by atoms with van der Waals surface area (Å²) < 4.78 is 7.35. The molecule has 0 radical (unpaired) electrons. The van der Waals surface area contributed by atoms with E-state index in [-0.39, 0.29) is 18.3 Å². The van der Waals surface area contributed by atoms with Gasteiger partial charge in [-0.25, -0.2) is 4.79 Å². The van der Waals surface area contributed by atoms with Crippen LogP contribution in [0.2, 0.25) is 0 Å². The van der Waals surface area contributed by atoms with Crippen molar-refractivity contribution in [2.24, 2.45) is 0 Å². The maximum atomic E-state index is 12.7. The molecular weight excluding hydrogens is 456 g/mol. The van der Waals surface area contributed by atoms with Crippen LogP contribution in [-0.4, -0.2) is 39.0 Å². The topological polar surface area (TPSA) is 86.1 Å². The second-order valence-corrected chi connectivity index (χ2v) is 9.89. The predicted octanol–water partition coefficient (Wildman–Crippen LogP) is 5.34. The third-order valence-electron chi connectivity index (χ3n) is 5.62. The molecule has 2 heterocycles. The summed E-state index contributed by atoms with van der Waals surface area (Å²) >= 11 is 3.11. The number of nitrogens with zero attached hydrogens (tertiary/aromatic N) is 3. The van der Waals surface area contributed by atoms with Crippen LogP contribution in [0.25, 0.3) is 0 Å². The van der Waals surface area contributed by atoms with E-state index in [1.165, 1.54) is 35.9 Å². The molecular formula is C24H28N4O3S2. The number of hydrogen-bond acceptors (Lipinski definition) is 7. The van der Waals surface area contributed by atoms with Crippen molar-refractivity contribution in [2.75, 3.05) is 17.7 Å². The number of carbonyl (C=O) groups excluding carboxylic acids is 2. The van der Waals surface area contributed by atoms with Gasteiger partial charge in [-0.1, -0.05) is 49.2 Å². The van der Waals surface area contributed by atoms with Crippen LogP contribution in [0.3, 0.4) is 0 Å². The van der Waals surface area contributed by atoms with E-state index in [0.29, 0.717) is 17.3 Å². The Bertz CT molecular complexity index is 1080. The molecule has 1 fully saturated rings. The summed E-state index contributed by atoms with van der Waals surface area (Å²) in [5.41, 5.74) is 0.801. The first-order chi connectivity index (χ1) is 16.2. The summed E-state index contributed by atoms with van der Waals surface area (Å²) in [7, 11) is 0. The second-order valence-electron chi connectivity index (χ2n) is 7.92. The van der Waals surface area contributed by atoms with Crippen LogP contribution in [0.1, 0.15) is 66.1 Å². The van der Waals surface area contributed by atoms with Gasteiger partial charge in [0.2, 0.25) is 5.91 Å². The number of thiophene rings is 1. The van der Waals surface area contributed by atoms with Crippen LogP contribution in [0, 0.1) is 0 Å². The Kier molecular flexibility index (Phi) is 8.17. The van der Waals surface area contributed by atoms with E-state index < -0.39 is 5.97 Å². The van der Waals surface area contributed by atoms with Crippen LogP contribution in [0.5, 0.6) is 0 Å². The Morgan fingerprint density at radius 2 is 1.97 bits per heavy atom. The number of thioether (sulfide) groups is 1. The highest BCUT2D eigenvalue weighted by Gasteiger charge is 2.24. The van der Waals surface area contributed by atoms with Gasteiger partial charge in [0.15, 0.2) is 5.16 Å². The number of aromatic nitrogens is 3. The lowest BCUT2D eigenvalue weighted by Crippen LogP contribution is -2.19. The largest absolute Gasteiger partial charge is 0.462 e. The normalized spacial score (nSPS) is 14.2. The van der Waals surface area contributed by atoms with Crippen LogP contribution in [-0.2, 0) is 16.0 Å². The maximum absolute atomic E-state index is 12.7. The standard InChI is InChI=1S/C24H28N4O3S2/c1-2-31-23(30)19-12-6-7-13-20(19)25-22(29)16-33-24-27-26-21(15-18-11-8-14-32-18)28(24)17-9-4-3-5-10-17/h6-8,11-14,17H,2-5,9-10,15-16H2,1H3,(H,25,29). The van der Waals surface area contributed by atoms with Gasteiger partial charge in [0.05, 0.1) is 23.6 Å². The molecule has 1 aliphatic carbocycles. The number of rotatable bonds is 9. The van der Waals surface area contributed by atoms with E-state index in [0.717, 1.165) is 30.2 Å². The van der Waals surface area contributed by atoms with Crippen molar-refractivity contribution in [3.8, 4) is 0 Å². The van der Waals surface area contributed by atoms with Crippen molar-refractivity contribution < 1.29 is 14.3 Å². The molecule has 9 heteroatoms. The molecule has 174 valence electrons. The Balaban J connectivity index is 1.46. The number of ether oxygens (including phenoxy) is 1. The maximum Gasteiger partial charge on any atom is 0.340 e. The van der Waals surface area contributed by atoms with Gasteiger partial charge < -0.3 is 14.6 Å². The van der Waals surface area contributed by atoms with Crippen molar-refractivity contribution in [3.05, 3.63) is 58.0 Å². The van der Waals surface area contributed by atoms with Crippen LogP contribution in [0.4, 0.5) is 5.69 Å². The molecule has 0 atom stereocenters. The fourth-order valence-electron chi connectivity index (χ4n) is 4.10. The van der Waals surface area contributed by atoms with Gasteiger partial charge in [0.25, 0.3) is 0 Å². The molecule has 4 rings (SSSR count). The predicted molar refractivity (Wildman–Crippen MR) is 131 cm³/mol. The Morgan fingerprint density at radius 3 is 2.73 bits per heavy atom. The number of nitrogens with one attached hydrogen (secondary N) is 1. The fourth-order valence-corrected chi connectivity index (χ4v) is 5.62.